The Kier molecular flexibility index (Phi) is 7.77. The summed E-state index contributed by atoms with van der Waals surface area (Å²) < 4.78 is 4.57. The van der Waals surface area contributed by atoms with Crippen LogP contribution in [0.1, 0.15) is 33.6 Å². The van der Waals surface area contributed by atoms with Crippen LogP contribution in [0.5, 0.6) is 0 Å². The Morgan fingerprint density at radius 2 is 1.89 bits per heavy atom. The SMILES string of the molecule is COC(=O)[C@@H](C[C@H](C)C#N)NC(=O)[C@H](O)CC(C)C. The second-order valence-corrected chi connectivity index (χ2v) is 5.00. The van der Waals surface area contributed by atoms with Gasteiger partial charge in [-0.25, -0.2) is 4.79 Å². The molecule has 0 unspecified atom stereocenters. The highest BCUT2D eigenvalue weighted by molar-refractivity contribution is 5.86. The first kappa shape index (κ1) is 17.4. The Morgan fingerprint density at radius 1 is 1.32 bits per heavy atom. The Labute approximate surface area is 113 Å². The number of nitriles is 1. The van der Waals surface area contributed by atoms with Gasteiger partial charge in [0.25, 0.3) is 0 Å². The number of rotatable bonds is 7. The van der Waals surface area contributed by atoms with E-state index in [0.717, 1.165) is 0 Å². The molecular weight excluding hydrogens is 248 g/mol. The first-order valence-corrected chi connectivity index (χ1v) is 6.27. The number of hydrogen-bond acceptors (Lipinski definition) is 5. The molecule has 6 heteroatoms. The predicted molar refractivity (Wildman–Crippen MR) is 68.8 cm³/mol. The van der Waals surface area contributed by atoms with Crippen LogP contribution in [0, 0.1) is 23.2 Å². The monoisotopic (exact) mass is 270 g/mol. The zero-order valence-corrected chi connectivity index (χ0v) is 11.8. The normalized spacial score (nSPS) is 15.2. The van der Waals surface area contributed by atoms with Crippen molar-refractivity contribution in [1.29, 1.82) is 5.26 Å². The molecule has 0 saturated carbocycles. The van der Waals surface area contributed by atoms with Gasteiger partial charge in [0, 0.05) is 5.92 Å². The highest BCUT2D eigenvalue weighted by atomic mass is 16.5. The lowest BCUT2D eigenvalue weighted by atomic mass is 10.0. The molecule has 0 spiro atoms. The van der Waals surface area contributed by atoms with E-state index < -0.39 is 29.9 Å². The number of esters is 1. The summed E-state index contributed by atoms with van der Waals surface area (Å²) in [6.07, 6.45) is -0.693. The summed E-state index contributed by atoms with van der Waals surface area (Å²) in [6, 6.07) is 1.08. The van der Waals surface area contributed by atoms with Crippen molar-refractivity contribution in [2.24, 2.45) is 11.8 Å². The van der Waals surface area contributed by atoms with E-state index in [2.05, 4.69) is 10.1 Å². The van der Waals surface area contributed by atoms with Gasteiger partial charge in [0.2, 0.25) is 5.91 Å². The number of aliphatic hydroxyl groups is 1. The first-order valence-electron chi connectivity index (χ1n) is 6.27. The van der Waals surface area contributed by atoms with Crippen molar-refractivity contribution in [1.82, 2.24) is 5.32 Å². The Balaban J connectivity index is 4.60. The number of nitrogens with zero attached hydrogens (tertiary/aromatic N) is 1. The molecule has 108 valence electrons. The minimum Gasteiger partial charge on any atom is -0.467 e. The van der Waals surface area contributed by atoms with Gasteiger partial charge in [0.1, 0.15) is 12.1 Å². The van der Waals surface area contributed by atoms with Crippen molar-refractivity contribution in [3.05, 3.63) is 0 Å². The van der Waals surface area contributed by atoms with Gasteiger partial charge in [-0.2, -0.15) is 5.26 Å². The fourth-order valence-electron chi connectivity index (χ4n) is 1.58. The molecule has 0 aliphatic rings. The fraction of sp³-hybridized carbons (Fsp3) is 0.769. The summed E-state index contributed by atoms with van der Waals surface area (Å²) in [5.41, 5.74) is 0. The van der Waals surface area contributed by atoms with Gasteiger partial charge in [-0.05, 0) is 25.7 Å². The van der Waals surface area contributed by atoms with Crippen molar-refractivity contribution >= 4 is 11.9 Å². The minimum atomic E-state index is -1.16. The Hall–Kier alpha value is -1.61. The number of methoxy groups -OCH3 is 1. The van der Waals surface area contributed by atoms with Crippen molar-refractivity contribution in [3.63, 3.8) is 0 Å². The summed E-state index contributed by atoms with van der Waals surface area (Å²) in [4.78, 5) is 23.2. The molecule has 2 N–H and O–H groups in total. The van der Waals surface area contributed by atoms with Crippen LogP contribution in [0.2, 0.25) is 0 Å². The van der Waals surface area contributed by atoms with Crippen molar-refractivity contribution < 1.29 is 19.4 Å². The van der Waals surface area contributed by atoms with E-state index in [4.69, 9.17) is 5.26 Å². The van der Waals surface area contributed by atoms with E-state index in [1.807, 2.05) is 19.9 Å². The van der Waals surface area contributed by atoms with Crippen LogP contribution in [0.15, 0.2) is 0 Å². The van der Waals surface area contributed by atoms with E-state index in [9.17, 15) is 14.7 Å². The fourth-order valence-corrected chi connectivity index (χ4v) is 1.58. The largest absolute Gasteiger partial charge is 0.467 e. The lowest BCUT2D eigenvalue weighted by molar-refractivity contribution is -0.146. The average Bonchev–Trinajstić information content (AvgIpc) is 2.35. The summed E-state index contributed by atoms with van der Waals surface area (Å²) in [5.74, 6) is -1.47. The van der Waals surface area contributed by atoms with Crippen LogP contribution < -0.4 is 5.32 Å². The molecule has 1 amide bonds. The van der Waals surface area contributed by atoms with E-state index >= 15 is 0 Å². The lowest BCUT2D eigenvalue weighted by Crippen LogP contribution is -2.46. The third-order valence-electron chi connectivity index (χ3n) is 2.61. The molecule has 19 heavy (non-hydrogen) atoms. The van der Waals surface area contributed by atoms with Crippen LogP contribution in [-0.2, 0) is 14.3 Å². The summed E-state index contributed by atoms with van der Waals surface area (Å²) >= 11 is 0. The van der Waals surface area contributed by atoms with Crippen molar-refractivity contribution in [3.8, 4) is 6.07 Å². The second-order valence-electron chi connectivity index (χ2n) is 5.00. The predicted octanol–water partition coefficient (Wildman–Crippen LogP) is 0.601. The lowest BCUT2D eigenvalue weighted by Gasteiger charge is -2.20. The van der Waals surface area contributed by atoms with Gasteiger partial charge in [0.05, 0.1) is 13.2 Å². The maximum atomic E-state index is 11.7. The Bertz CT molecular complexity index is 349. The number of hydrogen-bond donors (Lipinski definition) is 2. The van der Waals surface area contributed by atoms with Gasteiger partial charge in [-0.3, -0.25) is 4.79 Å². The molecule has 0 rings (SSSR count). The van der Waals surface area contributed by atoms with Gasteiger partial charge in [0.15, 0.2) is 0 Å². The zero-order valence-electron chi connectivity index (χ0n) is 11.8. The highest BCUT2D eigenvalue weighted by Gasteiger charge is 2.26. The van der Waals surface area contributed by atoms with Gasteiger partial charge >= 0.3 is 5.97 Å². The third-order valence-corrected chi connectivity index (χ3v) is 2.61. The molecule has 0 aliphatic heterocycles. The van der Waals surface area contributed by atoms with Crippen LogP contribution in [0.3, 0.4) is 0 Å². The number of ether oxygens (including phenoxy) is 1. The number of carbonyl (C=O) groups is 2. The number of amides is 1. The minimum absolute atomic E-state index is 0.156. The number of carbonyl (C=O) groups excluding carboxylic acids is 2. The van der Waals surface area contributed by atoms with Crippen LogP contribution in [0.25, 0.3) is 0 Å². The molecule has 3 atom stereocenters. The number of nitrogens with one attached hydrogen (secondary N) is 1. The van der Waals surface area contributed by atoms with Crippen LogP contribution in [0.4, 0.5) is 0 Å². The molecule has 6 nitrogen and oxygen atoms in total. The smallest absolute Gasteiger partial charge is 0.328 e. The second kappa shape index (κ2) is 8.48. The molecular formula is C13H22N2O4. The molecule has 0 heterocycles. The van der Waals surface area contributed by atoms with Crippen molar-refractivity contribution in [2.45, 2.75) is 45.8 Å². The molecule has 0 aromatic heterocycles. The van der Waals surface area contributed by atoms with Gasteiger partial charge in [-0.1, -0.05) is 13.8 Å². The molecule has 0 radical (unpaired) electrons. The van der Waals surface area contributed by atoms with Gasteiger partial charge < -0.3 is 15.2 Å². The number of aliphatic hydroxyl groups excluding tert-OH is 1. The van der Waals surface area contributed by atoms with Gasteiger partial charge in [-0.15, -0.1) is 0 Å². The standard InChI is InChI=1S/C13H22N2O4/c1-8(2)5-11(16)12(17)15-10(13(18)19-4)6-9(3)7-14/h8-11,16H,5-6H2,1-4H3,(H,15,17)/t9-,10+,11+/m0/s1. The summed E-state index contributed by atoms with van der Waals surface area (Å²) in [5, 5.41) is 20.8. The van der Waals surface area contributed by atoms with Crippen molar-refractivity contribution in [2.75, 3.05) is 7.11 Å². The molecule has 0 fully saturated rings. The summed E-state index contributed by atoms with van der Waals surface area (Å²) in [6.45, 7) is 5.41. The zero-order chi connectivity index (χ0) is 15.0. The maximum absolute atomic E-state index is 11.7. The van der Waals surface area contributed by atoms with E-state index in [-0.39, 0.29) is 12.3 Å². The molecule has 0 aromatic rings. The van der Waals surface area contributed by atoms with Crippen LogP contribution in [-0.4, -0.2) is 36.2 Å². The van der Waals surface area contributed by atoms with Crippen LogP contribution >= 0.6 is 0 Å². The maximum Gasteiger partial charge on any atom is 0.328 e. The van der Waals surface area contributed by atoms with E-state index in [1.165, 1.54) is 7.11 Å². The molecule has 0 saturated heterocycles. The molecule has 0 bridgehead atoms. The van der Waals surface area contributed by atoms with E-state index in [1.54, 1.807) is 6.92 Å². The molecule has 0 aromatic carbocycles. The first-order chi connectivity index (χ1) is 8.81. The topological polar surface area (TPSA) is 99.4 Å². The Morgan fingerprint density at radius 3 is 2.32 bits per heavy atom. The molecule has 0 aliphatic carbocycles. The quantitative estimate of drug-likeness (QED) is 0.660. The van der Waals surface area contributed by atoms with E-state index in [0.29, 0.717) is 6.42 Å². The summed E-state index contributed by atoms with van der Waals surface area (Å²) in [7, 11) is 1.21. The highest BCUT2D eigenvalue weighted by Crippen LogP contribution is 2.09. The third kappa shape index (κ3) is 6.77. The average molecular weight is 270 g/mol.